The summed E-state index contributed by atoms with van der Waals surface area (Å²) in [5.74, 6) is 0.345. The highest BCUT2D eigenvalue weighted by Gasteiger charge is 2.06. The van der Waals surface area contributed by atoms with Crippen molar-refractivity contribution in [2.45, 2.75) is 19.6 Å². The van der Waals surface area contributed by atoms with Crippen LogP contribution >= 0.6 is 0 Å². The summed E-state index contributed by atoms with van der Waals surface area (Å²) in [6, 6.07) is 17.3. The maximum atomic E-state index is 13.1. The fraction of sp³-hybridized carbons (Fsp3) is 0.136. The van der Waals surface area contributed by atoms with Crippen LogP contribution in [0.4, 0.5) is 13.6 Å². The Bertz CT molecular complexity index is 961. The molecule has 3 N–H and O–H groups in total. The summed E-state index contributed by atoms with van der Waals surface area (Å²) in [5, 5.41) is 14.4. The maximum absolute atomic E-state index is 13.1. The number of hydrogen-bond donors (Lipinski definition) is 3. The fourth-order valence-corrected chi connectivity index (χ4v) is 2.76. The molecule has 3 aromatic rings. The Kier molecular flexibility index (Phi) is 6.76. The van der Waals surface area contributed by atoms with E-state index in [9.17, 15) is 13.6 Å². The third-order valence-electron chi connectivity index (χ3n) is 4.09. The molecule has 0 aliphatic carbocycles. The van der Waals surface area contributed by atoms with Gasteiger partial charge in [-0.3, -0.25) is 0 Å². The standard InChI is InChI=1S/C22H20F2N2O3/c23-18-3-1-15(2-4-18)12-25-13-16-9-17(14-26-22(27)28)11-21(10-16)29-20-7-5-19(24)6-8-20/h1-11,25-26H,12-14H2,(H,27,28). The second-order valence-corrected chi connectivity index (χ2v) is 6.43. The Morgan fingerprint density at radius 3 is 1.93 bits per heavy atom. The topological polar surface area (TPSA) is 70.6 Å². The Morgan fingerprint density at radius 1 is 0.759 bits per heavy atom. The van der Waals surface area contributed by atoms with Gasteiger partial charge in [-0.05, 0) is 65.2 Å². The van der Waals surface area contributed by atoms with Gasteiger partial charge in [0.15, 0.2) is 0 Å². The minimum absolute atomic E-state index is 0.126. The number of halogens is 2. The predicted octanol–water partition coefficient (Wildman–Crippen LogP) is 4.81. The van der Waals surface area contributed by atoms with Crippen LogP contribution in [0.1, 0.15) is 16.7 Å². The van der Waals surface area contributed by atoms with Gasteiger partial charge < -0.3 is 20.5 Å². The molecule has 7 heteroatoms. The van der Waals surface area contributed by atoms with Gasteiger partial charge in [0.25, 0.3) is 0 Å². The molecular weight excluding hydrogens is 378 g/mol. The van der Waals surface area contributed by atoms with Crippen molar-refractivity contribution in [2.75, 3.05) is 0 Å². The molecule has 0 aromatic heterocycles. The largest absolute Gasteiger partial charge is 0.465 e. The van der Waals surface area contributed by atoms with E-state index >= 15 is 0 Å². The number of carboxylic acid groups (broad SMARTS) is 1. The first-order valence-corrected chi connectivity index (χ1v) is 8.96. The summed E-state index contributed by atoms with van der Waals surface area (Å²) < 4.78 is 31.9. The molecular formula is C22H20F2N2O3. The third-order valence-corrected chi connectivity index (χ3v) is 4.09. The van der Waals surface area contributed by atoms with Crippen LogP contribution < -0.4 is 15.4 Å². The number of benzene rings is 3. The zero-order valence-electron chi connectivity index (χ0n) is 15.5. The zero-order valence-corrected chi connectivity index (χ0v) is 15.5. The lowest BCUT2D eigenvalue weighted by atomic mass is 10.1. The molecule has 0 bridgehead atoms. The molecule has 3 aromatic carbocycles. The SMILES string of the molecule is O=C(O)NCc1cc(CNCc2ccc(F)cc2)cc(Oc2ccc(F)cc2)c1. The molecule has 0 heterocycles. The molecule has 150 valence electrons. The van der Waals surface area contributed by atoms with Crippen LogP contribution in [0, 0.1) is 11.6 Å². The Balaban J connectivity index is 1.71. The summed E-state index contributed by atoms with van der Waals surface area (Å²) >= 11 is 0. The van der Waals surface area contributed by atoms with Gasteiger partial charge in [0.2, 0.25) is 0 Å². The molecule has 0 spiro atoms. The second-order valence-electron chi connectivity index (χ2n) is 6.43. The van der Waals surface area contributed by atoms with E-state index in [1.807, 2.05) is 12.1 Å². The number of hydrogen-bond acceptors (Lipinski definition) is 3. The second kappa shape index (κ2) is 9.66. The fourth-order valence-electron chi connectivity index (χ4n) is 2.76. The number of nitrogens with one attached hydrogen (secondary N) is 2. The summed E-state index contributed by atoms with van der Waals surface area (Å²) in [4.78, 5) is 10.8. The Morgan fingerprint density at radius 2 is 1.31 bits per heavy atom. The van der Waals surface area contributed by atoms with Crippen molar-refractivity contribution in [1.82, 2.24) is 10.6 Å². The Labute approximate surface area is 167 Å². The number of ether oxygens (including phenoxy) is 1. The van der Waals surface area contributed by atoms with Crippen molar-refractivity contribution < 1.29 is 23.4 Å². The van der Waals surface area contributed by atoms with Crippen molar-refractivity contribution in [1.29, 1.82) is 0 Å². The van der Waals surface area contributed by atoms with Gasteiger partial charge in [-0.15, -0.1) is 0 Å². The van der Waals surface area contributed by atoms with Crippen molar-refractivity contribution in [3.63, 3.8) is 0 Å². The van der Waals surface area contributed by atoms with Crippen LogP contribution in [0.25, 0.3) is 0 Å². The van der Waals surface area contributed by atoms with E-state index in [1.165, 1.54) is 36.4 Å². The van der Waals surface area contributed by atoms with E-state index in [2.05, 4.69) is 10.6 Å². The number of amides is 1. The highest BCUT2D eigenvalue weighted by molar-refractivity contribution is 5.64. The smallest absolute Gasteiger partial charge is 0.404 e. The van der Waals surface area contributed by atoms with Crippen LogP contribution in [0.5, 0.6) is 11.5 Å². The quantitative estimate of drug-likeness (QED) is 0.509. The van der Waals surface area contributed by atoms with Gasteiger partial charge in [-0.25, -0.2) is 13.6 Å². The number of rotatable bonds is 8. The number of carbonyl (C=O) groups is 1. The van der Waals surface area contributed by atoms with Crippen molar-refractivity contribution in [2.24, 2.45) is 0 Å². The molecule has 3 rings (SSSR count). The lowest BCUT2D eigenvalue weighted by Gasteiger charge is -2.12. The lowest BCUT2D eigenvalue weighted by Crippen LogP contribution is -2.20. The molecule has 1 amide bonds. The average molecular weight is 398 g/mol. The van der Waals surface area contributed by atoms with Crippen LogP contribution in [0.3, 0.4) is 0 Å². The average Bonchev–Trinajstić information content (AvgIpc) is 2.70. The molecule has 0 fully saturated rings. The summed E-state index contributed by atoms with van der Waals surface area (Å²) in [6.07, 6.45) is -1.12. The summed E-state index contributed by atoms with van der Waals surface area (Å²) in [5.41, 5.74) is 2.55. The normalized spacial score (nSPS) is 10.6. The molecule has 0 saturated heterocycles. The molecule has 0 radical (unpaired) electrons. The van der Waals surface area contributed by atoms with E-state index in [0.29, 0.717) is 24.6 Å². The van der Waals surface area contributed by atoms with E-state index in [4.69, 9.17) is 9.84 Å². The molecule has 0 saturated carbocycles. The monoisotopic (exact) mass is 398 g/mol. The predicted molar refractivity (Wildman–Crippen MR) is 105 cm³/mol. The van der Waals surface area contributed by atoms with Crippen molar-refractivity contribution in [3.05, 3.63) is 95.1 Å². The van der Waals surface area contributed by atoms with Crippen molar-refractivity contribution >= 4 is 6.09 Å². The van der Waals surface area contributed by atoms with Crippen LogP contribution in [0.2, 0.25) is 0 Å². The first kappa shape index (κ1) is 20.3. The van der Waals surface area contributed by atoms with Gasteiger partial charge in [-0.2, -0.15) is 0 Å². The van der Waals surface area contributed by atoms with E-state index in [0.717, 1.165) is 16.7 Å². The van der Waals surface area contributed by atoms with Crippen LogP contribution in [0.15, 0.2) is 66.7 Å². The molecule has 0 unspecified atom stereocenters. The lowest BCUT2D eigenvalue weighted by molar-refractivity contribution is 0.194. The van der Waals surface area contributed by atoms with Gasteiger partial charge in [0, 0.05) is 19.6 Å². The third kappa shape index (κ3) is 6.58. The minimum atomic E-state index is -1.12. The van der Waals surface area contributed by atoms with Gasteiger partial charge >= 0.3 is 6.09 Å². The van der Waals surface area contributed by atoms with E-state index < -0.39 is 6.09 Å². The summed E-state index contributed by atoms with van der Waals surface area (Å²) in [6.45, 7) is 1.17. The van der Waals surface area contributed by atoms with E-state index in [-0.39, 0.29) is 18.2 Å². The molecule has 5 nitrogen and oxygen atoms in total. The highest BCUT2D eigenvalue weighted by Crippen LogP contribution is 2.24. The van der Waals surface area contributed by atoms with Gasteiger partial charge in [0.05, 0.1) is 0 Å². The van der Waals surface area contributed by atoms with Gasteiger partial charge in [0.1, 0.15) is 23.1 Å². The molecule has 0 atom stereocenters. The minimum Gasteiger partial charge on any atom is -0.465 e. The Hall–Kier alpha value is -3.45. The molecule has 0 aliphatic heterocycles. The first-order valence-electron chi connectivity index (χ1n) is 8.96. The molecule has 0 aliphatic rings. The van der Waals surface area contributed by atoms with Crippen LogP contribution in [-0.4, -0.2) is 11.2 Å². The maximum Gasteiger partial charge on any atom is 0.404 e. The van der Waals surface area contributed by atoms with Crippen molar-refractivity contribution in [3.8, 4) is 11.5 Å². The first-order chi connectivity index (χ1) is 14.0. The molecule has 29 heavy (non-hydrogen) atoms. The highest BCUT2D eigenvalue weighted by atomic mass is 19.1. The summed E-state index contributed by atoms with van der Waals surface area (Å²) in [7, 11) is 0. The van der Waals surface area contributed by atoms with Gasteiger partial charge in [-0.1, -0.05) is 18.2 Å². The van der Waals surface area contributed by atoms with Crippen LogP contribution in [-0.2, 0) is 19.6 Å². The van der Waals surface area contributed by atoms with E-state index in [1.54, 1.807) is 18.2 Å². The zero-order chi connectivity index (χ0) is 20.6.